The summed E-state index contributed by atoms with van der Waals surface area (Å²) in [6.45, 7) is 3.05. The first-order valence-electron chi connectivity index (χ1n) is 9.69. The van der Waals surface area contributed by atoms with E-state index in [9.17, 15) is 9.00 Å². The second-order valence-corrected chi connectivity index (χ2v) is 8.15. The number of ether oxygens (including phenoxy) is 1. The van der Waals surface area contributed by atoms with Gasteiger partial charge in [0.05, 0.1) is 12.8 Å². The van der Waals surface area contributed by atoms with E-state index in [-0.39, 0.29) is 11.4 Å². The van der Waals surface area contributed by atoms with E-state index in [1.165, 1.54) is 25.5 Å². The Morgan fingerprint density at radius 2 is 1.79 bits per heavy atom. The molecule has 0 aromatic heterocycles. The highest BCUT2D eigenvalue weighted by Gasteiger charge is 2.49. The van der Waals surface area contributed by atoms with Crippen molar-refractivity contribution in [2.24, 2.45) is 0 Å². The average Bonchev–Trinajstić information content (AvgIpc) is 3.56. The lowest BCUT2D eigenvalue weighted by Gasteiger charge is -2.40. The fourth-order valence-electron chi connectivity index (χ4n) is 4.18. The Morgan fingerprint density at radius 3 is 2.38 bits per heavy atom. The van der Waals surface area contributed by atoms with Crippen molar-refractivity contribution >= 4 is 22.9 Å². The lowest BCUT2D eigenvalue weighted by molar-refractivity contribution is 0.0531. The van der Waals surface area contributed by atoms with Crippen molar-refractivity contribution in [1.82, 2.24) is 9.80 Å². The fraction of sp³-hybridized carbons (Fsp3) is 0.381. The van der Waals surface area contributed by atoms with Crippen LogP contribution in [-0.4, -0.2) is 57.8 Å². The van der Waals surface area contributed by atoms with E-state index in [4.69, 9.17) is 9.29 Å². The van der Waals surface area contributed by atoms with Gasteiger partial charge in [-0.05, 0) is 36.6 Å². The van der Waals surface area contributed by atoms with Crippen LogP contribution in [0.15, 0.2) is 48.5 Å². The normalized spacial score (nSPS) is 19.4. The van der Waals surface area contributed by atoms with Gasteiger partial charge in [-0.25, -0.2) is 4.21 Å². The highest BCUT2D eigenvalue weighted by molar-refractivity contribution is 7.80. The van der Waals surface area contributed by atoms with Crippen LogP contribution in [0.5, 0.6) is 5.75 Å². The van der Waals surface area contributed by atoms with E-state index in [0.717, 1.165) is 13.1 Å². The standard InChI is InChI=1S/C21H25N3O4S/c1-28-19-15-16(7-8-18(19)22-29(26)27)20(25)23-11-13-24(14-12-23)21(9-10-21)17-5-3-2-4-6-17/h2-8,15,22H,9-14H2,1H3,(H,26,27). The number of benzene rings is 2. The van der Waals surface area contributed by atoms with Crippen LogP contribution in [0.4, 0.5) is 5.69 Å². The summed E-state index contributed by atoms with van der Waals surface area (Å²) in [4.78, 5) is 17.3. The molecule has 0 bridgehead atoms. The number of nitrogens with one attached hydrogen (secondary N) is 1. The smallest absolute Gasteiger partial charge is 0.259 e. The molecule has 154 valence electrons. The molecule has 1 saturated heterocycles. The van der Waals surface area contributed by atoms with Crippen LogP contribution >= 0.6 is 0 Å². The second-order valence-electron chi connectivity index (χ2n) is 7.44. The number of anilines is 1. The third kappa shape index (κ3) is 4.01. The average molecular weight is 416 g/mol. The fourth-order valence-corrected chi connectivity index (χ4v) is 4.53. The van der Waals surface area contributed by atoms with Crippen LogP contribution < -0.4 is 9.46 Å². The second kappa shape index (κ2) is 8.14. The zero-order valence-electron chi connectivity index (χ0n) is 16.3. The maximum absolute atomic E-state index is 13.0. The number of hydrogen-bond donors (Lipinski definition) is 2. The lowest BCUT2D eigenvalue weighted by atomic mass is 10.0. The van der Waals surface area contributed by atoms with Gasteiger partial charge in [0.2, 0.25) is 0 Å². The van der Waals surface area contributed by atoms with Gasteiger partial charge in [0.1, 0.15) is 5.75 Å². The summed E-state index contributed by atoms with van der Waals surface area (Å²) in [7, 11) is 1.46. The summed E-state index contributed by atoms with van der Waals surface area (Å²) in [6.07, 6.45) is 2.34. The molecule has 2 N–H and O–H groups in total. The van der Waals surface area contributed by atoms with Gasteiger partial charge in [0.15, 0.2) is 0 Å². The third-order valence-corrected chi connectivity index (χ3v) is 6.25. The lowest BCUT2D eigenvalue weighted by Crippen LogP contribution is -2.52. The molecular weight excluding hydrogens is 390 g/mol. The molecule has 29 heavy (non-hydrogen) atoms. The maximum Gasteiger partial charge on any atom is 0.259 e. The topological polar surface area (TPSA) is 82.1 Å². The van der Waals surface area contributed by atoms with Crippen molar-refractivity contribution in [2.45, 2.75) is 18.4 Å². The van der Waals surface area contributed by atoms with Crippen molar-refractivity contribution < 1.29 is 18.3 Å². The number of methoxy groups -OCH3 is 1. The van der Waals surface area contributed by atoms with Gasteiger partial charge in [-0.3, -0.25) is 19.0 Å². The molecule has 2 aromatic rings. The van der Waals surface area contributed by atoms with E-state index >= 15 is 0 Å². The van der Waals surface area contributed by atoms with E-state index in [1.807, 2.05) is 11.0 Å². The van der Waals surface area contributed by atoms with Gasteiger partial charge < -0.3 is 9.64 Å². The molecule has 0 spiro atoms. The number of carbonyl (C=O) groups excluding carboxylic acids is 1. The van der Waals surface area contributed by atoms with Gasteiger partial charge in [0.25, 0.3) is 17.2 Å². The van der Waals surface area contributed by atoms with Crippen LogP contribution in [0.25, 0.3) is 0 Å². The minimum absolute atomic E-state index is 0.0517. The first-order chi connectivity index (χ1) is 14.0. The van der Waals surface area contributed by atoms with Crippen LogP contribution in [0, 0.1) is 0 Å². The molecule has 1 unspecified atom stereocenters. The van der Waals surface area contributed by atoms with Crippen molar-refractivity contribution in [1.29, 1.82) is 0 Å². The SMILES string of the molecule is COc1cc(C(=O)N2CCN(C3(c4ccccc4)CC3)CC2)ccc1NS(=O)O. The van der Waals surface area contributed by atoms with Gasteiger partial charge in [-0.2, -0.15) is 0 Å². The zero-order chi connectivity index (χ0) is 20.4. The molecule has 1 amide bonds. The Hall–Kier alpha value is -2.42. The molecule has 1 heterocycles. The molecule has 0 radical (unpaired) electrons. The quantitative estimate of drug-likeness (QED) is 0.709. The Labute approximate surface area is 173 Å². The molecule has 1 saturated carbocycles. The monoisotopic (exact) mass is 415 g/mol. The largest absolute Gasteiger partial charge is 0.495 e. The molecule has 1 atom stereocenters. The molecule has 4 rings (SSSR count). The van der Waals surface area contributed by atoms with Gasteiger partial charge in [0, 0.05) is 37.3 Å². The molecule has 2 fully saturated rings. The number of amides is 1. The van der Waals surface area contributed by atoms with Crippen LogP contribution in [0.1, 0.15) is 28.8 Å². The number of hydrogen-bond acceptors (Lipinski definition) is 4. The first-order valence-corrected chi connectivity index (χ1v) is 10.8. The van der Waals surface area contributed by atoms with Crippen molar-refractivity contribution in [3.8, 4) is 5.75 Å². The van der Waals surface area contributed by atoms with Gasteiger partial charge in [-0.15, -0.1) is 0 Å². The zero-order valence-corrected chi connectivity index (χ0v) is 17.2. The highest BCUT2D eigenvalue weighted by Crippen LogP contribution is 2.51. The summed E-state index contributed by atoms with van der Waals surface area (Å²) in [5.74, 6) is 0.307. The summed E-state index contributed by atoms with van der Waals surface area (Å²) >= 11 is -2.20. The summed E-state index contributed by atoms with van der Waals surface area (Å²) in [6, 6.07) is 15.5. The predicted octanol–water partition coefficient (Wildman–Crippen LogP) is 2.69. The van der Waals surface area contributed by atoms with Crippen molar-refractivity contribution in [3.05, 3.63) is 59.7 Å². The van der Waals surface area contributed by atoms with Crippen molar-refractivity contribution in [3.63, 3.8) is 0 Å². The molecule has 8 heteroatoms. The summed E-state index contributed by atoms with van der Waals surface area (Å²) in [5.41, 5.74) is 2.39. The van der Waals surface area contributed by atoms with E-state index in [1.54, 1.807) is 18.2 Å². The van der Waals surface area contributed by atoms with Gasteiger partial charge in [-0.1, -0.05) is 30.3 Å². The molecular formula is C21H25N3O4S. The summed E-state index contributed by atoms with van der Waals surface area (Å²) in [5, 5.41) is 0. The number of nitrogens with zero attached hydrogens (tertiary/aromatic N) is 2. The number of piperazine rings is 1. The molecule has 7 nitrogen and oxygen atoms in total. The number of carbonyl (C=O) groups is 1. The Bertz CT molecular complexity index is 909. The summed E-state index contributed by atoms with van der Waals surface area (Å²) < 4.78 is 27.6. The first kappa shape index (κ1) is 19.9. The Balaban J connectivity index is 1.42. The Kier molecular flexibility index (Phi) is 5.58. The minimum Gasteiger partial charge on any atom is -0.495 e. The highest BCUT2D eigenvalue weighted by atomic mass is 32.2. The molecule has 2 aliphatic rings. The Morgan fingerprint density at radius 1 is 1.10 bits per heavy atom. The molecule has 1 aliphatic heterocycles. The minimum atomic E-state index is -2.20. The number of rotatable bonds is 6. The van der Waals surface area contributed by atoms with Gasteiger partial charge >= 0.3 is 0 Å². The van der Waals surface area contributed by atoms with Crippen LogP contribution in [0.3, 0.4) is 0 Å². The van der Waals surface area contributed by atoms with Crippen molar-refractivity contribution in [2.75, 3.05) is 38.0 Å². The molecule has 1 aliphatic carbocycles. The van der Waals surface area contributed by atoms with E-state index < -0.39 is 11.3 Å². The van der Waals surface area contributed by atoms with Crippen LogP contribution in [-0.2, 0) is 16.8 Å². The van der Waals surface area contributed by atoms with E-state index in [0.29, 0.717) is 30.1 Å². The van der Waals surface area contributed by atoms with Crippen LogP contribution in [0.2, 0.25) is 0 Å². The molecule has 2 aromatic carbocycles. The maximum atomic E-state index is 13.0. The van der Waals surface area contributed by atoms with E-state index in [2.05, 4.69) is 33.9 Å². The predicted molar refractivity (Wildman–Crippen MR) is 112 cm³/mol. The third-order valence-electron chi connectivity index (χ3n) is 5.85.